The first kappa shape index (κ1) is 17.4. The highest BCUT2D eigenvalue weighted by Crippen LogP contribution is 2.00. The fraction of sp³-hybridized carbons (Fsp3) is 0.750. The van der Waals surface area contributed by atoms with Gasteiger partial charge >= 0.3 is 11.9 Å². The Balaban J connectivity index is 4.23. The molecule has 0 unspecified atom stereocenters. The third-order valence-corrected chi connectivity index (χ3v) is 2.28. The van der Waals surface area contributed by atoms with Gasteiger partial charge in [0.25, 0.3) is 0 Å². The summed E-state index contributed by atoms with van der Waals surface area (Å²) in [6.45, 7) is 5.70. The SMILES string of the molecule is COC(=O)CC[C@H](NC(=O)CNC(C)(C)C)C(=O)O. The third-order valence-electron chi connectivity index (χ3n) is 2.28. The van der Waals surface area contributed by atoms with Crippen LogP contribution in [-0.4, -0.2) is 48.2 Å². The maximum absolute atomic E-state index is 11.6. The molecule has 0 heterocycles. The third kappa shape index (κ3) is 9.01. The molecule has 0 aliphatic heterocycles. The number of hydrogen-bond acceptors (Lipinski definition) is 5. The van der Waals surface area contributed by atoms with Crippen molar-refractivity contribution < 1.29 is 24.2 Å². The lowest BCUT2D eigenvalue weighted by Crippen LogP contribution is -2.48. The number of carboxylic acid groups (broad SMARTS) is 1. The van der Waals surface area contributed by atoms with Gasteiger partial charge in [0.05, 0.1) is 13.7 Å². The highest BCUT2D eigenvalue weighted by Gasteiger charge is 2.21. The predicted octanol–water partition coefficient (Wildman–Crippen LogP) is -0.103. The Hall–Kier alpha value is -1.63. The molecule has 0 aliphatic carbocycles. The lowest BCUT2D eigenvalue weighted by molar-refractivity contribution is -0.144. The van der Waals surface area contributed by atoms with E-state index in [2.05, 4.69) is 15.4 Å². The molecule has 0 aromatic carbocycles. The van der Waals surface area contributed by atoms with Crippen LogP contribution in [0.3, 0.4) is 0 Å². The zero-order valence-corrected chi connectivity index (χ0v) is 11.8. The molecule has 110 valence electrons. The number of carboxylic acids is 1. The molecule has 0 aromatic rings. The topological polar surface area (TPSA) is 105 Å². The number of methoxy groups -OCH3 is 1. The van der Waals surface area contributed by atoms with Crippen LogP contribution >= 0.6 is 0 Å². The highest BCUT2D eigenvalue weighted by atomic mass is 16.5. The van der Waals surface area contributed by atoms with E-state index in [1.165, 1.54) is 7.11 Å². The minimum absolute atomic E-state index is 0.00324. The molecule has 0 aliphatic rings. The average molecular weight is 274 g/mol. The van der Waals surface area contributed by atoms with Gasteiger partial charge in [-0.1, -0.05) is 0 Å². The number of carbonyl (C=O) groups is 3. The number of hydrogen-bond donors (Lipinski definition) is 3. The number of nitrogens with one attached hydrogen (secondary N) is 2. The number of ether oxygens (including phenoxy) is 1. The summed E-state index contributed by atoms with van der Waals surface area (Å²) in [5.41, 5.74) is -0.234. The van der Waals surface area contributed by atoms with Crippen molar-refractivity contribution in [2.75, 3.05) is 13.7 Å². The van der Waals surface area contributed by atoms with Gasteiger partial charge in [-0.15, -0.1) is 0 Å². The van der Waals surface area contributed by atoms with Crippen molar-refractivity contribution in [1.82, 2.24) is 10.6 Å². The summed E-state index contributed by atoms with van der Waals surface area (Å²) in [7, 11) is 1.23. The lowest BCUT2D eigenvalue weighted by atomic mass is 10.1. The van der Waals surface area contributed by atoms with Crippen molar-refractivity contribution in [2.24, 2.45) is 0 Å². The van der Waals surface area contributed by atoms with E-state index in [0.717, 1.165) is 0 Å². The Bertz CT molecular complexity index is 336. The monoisotopic (exact) mass is 274 g/mol. The van der Waals surface area contributed by atoms with Gasteiger partial charge in [-0.25, -0.2) is 4.79 Å². The Morgan fingerprint density at radius 3 is 2.26 bits per heavy atom. The number of aliphatic carboxylic acids is 1. The van der Waals surface area contributed by atoms with Gasteiger partial charge < -0.3 is 20.5 Å². The summed E-state index contributed by atoms with van der Waals surface area (Å²) in [5, 5.41) is 14.3. The van der Waals surface area contributed by atoms with Crippen LogP contribution in [-0.2, 0) is 19.1 Å². The molecular formula is C12H22N2O5. The molecule has 0 aromatic heterocycles. The van der Waals surface area contributed by atoms with Crippen LogP contribution in [0.2, 0.25) is 0 Å². The number of amides is 1. The first-order valence-corrected chi connectivity index (χ1v) is 5.99. The Labute approximate surface area is 112 Å². The summed E-state index contributed by atoms with van der Waals surface area (Å²) in [6.07, 6.45) is -0.0519. The molecule has 0 spiro atoms. The zero-order chi connectivity index (χ0) is 15.1. The molecule has 0 radical (unpaired) electrons. The summed E-state index contributed by atoms with van der Waals surface area (Å²) in [6, 6.07) is -1.09. The molecule has 19 heavy (non-hydrogen) atoms. The quantitative estimate of drug-likeness (QED) is 0.560. The van der Waals surface area contributed by atoms with E-state index < -0.39 is 23.9 Å². The maximum atomic E-state index is 11.6. The number of esters is 1. The van der Waals surface area contributed by atoms with Gasteiger partial charge in [0.1, 0.15) is 6.04 Å². The molecule has 3 N–H and O–H groups in total. The van der Waals surface area contributed by atoms with Crippen LogP contribution in [0.5, 0.6) is 0 Å². The second kappa shape index (κ2) is 7.73. The fourth-order valence-electron chi connectivity index (χ4n) is 1.21. The molecule has 0 saturated carbocycles. The first-order valence-electron chi connectivity index (χ1n) is 5.99. The Morgan fingerprint density at radius 2 is 1.84 bits per heavy atom. The normalized spacial score (nSPS) is 12.6. The number of carbonyl (C=O) groups excluding carboxylic acids is 2. The van der Waals surface area contributed by atoms with Crippen molar-refractivity contribution in [1.29, 1.82) is 0 Å². The van der Waals surface area contributed by atoms with E-state index in [-0.39, 0.29) is 24.9 Å². The van der Waals surface area contributed by atoms with Crippen molar-refractivity contribution >= 4 is 17.8 Å². The van der Waals surface area contributed by atoms with Crippen molar-refractivity contribution in [2.45, 2.75) is 45.2 Å². The van der Waals surface area contributed by atoms with E-state index in [1.54, 1.807) is 0 Å². The molecule has 1 atom stereocenters. The van der Waals surface area contributed by atoms with Gasteiger partial charge in [0.2, 0.25) is 5.91 Å². The molecular weight excluding hydrogens is 252 g/mol. The predicted molar refractivity (Wildman–Crippen MR) is 68.6 cm³/mol. The smallest absolute Gasteiger partial charge is 0.326 e. The Kier molecular flexibility index (Phi) is 7.06. The summed E-state index contributed by atoms with van der Waals surface area (Å²) in [5.74, 6) is -2.10. The van der Waals surface area contributed by atoms with Gasteiger partial charge in [-0.05, 0) is 27.2 Å². The van der Waals surface area contributed by atoms with Gasteiger partial charge in [0.15, 0.2) is 0 Å². The van der Waals surface area contributed by atoms with Crippen molar-refractivity contribution in [3.05, 3.63) is 0 Å². The van der Waals surface area contributed by atoms with Crippen LogP contribution in [0.15, 0.2) is 0 Å². The molecule has 1 amide bonds. The Morgan fingerprint density at radius 1 is 1.26 bits per heavy atom. The molecule has 0 saturated heterocycles. The van der Waals surface area contributed by atoms with Crippen LogP contribution in [0.4, 0.5) is 0 Å². The van der Waals surface area contributed by atoms with Crippen molar-refractivity contribution in [3.8, 4) is 0 Å². The minimum Gasteiger partial charge on any atom is -0.480 e. The van der Waals surface area contributed by atoms with E-state index in [9.17, 15) is 14.4 Å². The van der Waals surface area contributed by atoms with Crippen LogP contribution in [0.25, 0.3) is 0 Å². The second-order valence-corrected chi connectivity index (χ2v) is 5.18. The molecule has 0 rings (SSSR count). The summed E-state index contributed by atoms with van der Waals surface area (Å²) in [4.78, 5) is 33.5. The van der Waals surface area contributed by atoms with Gasteiger partial charge in [-0.3, -0.25) is 9.59 Å². The van der Waals surface area contributed by atoms with E-state index >= 15 is 0 Å². The second-order valence-electron chi connectivity index (χ2n) is 5.18. The van der Waals surface area contributed by atoms with Crippen molar-refractivity contribution in [3.63, 3.8) is 0 Å². The fourth-order valence-corrected chi connectivity index (χ4v) is 1.21. The van der Waals surface area contributed by atoms with Crippen LogP contribution < -0.4 is 10.6 Å². The standard InChI is InChI=1S/C12H22N2O5/c1-12(2,3)13-7-9(15)14-8(11(17)18)5-6-10(16)19-4/h8,13H,5-7H2,1-4H3,(H,14,15)(H,17,18)/t8-/m0/s1. The van der Waals surface area contributed by atoms with E-state index in [4.69, 9.17) is 5.11 Å². The van der Waals surface area contributed by atoms with Gasteiger partial charge in [-0.2, -0.15) is 0 Å². The van der Waals surface area contributed by atoms with Crippen LogP contribution in [0, 0.1) is 0 Å². The average Bonchev–Trinajstić information content (AvgIpc) is 2.30. The van der Waals surface area contributed by atoms with Crippen LogP contribution in [0.1, 0.15) is 33.6 Å². The van der Waals surface area contributed by atoms with E-state index in [1.807, 2.05) is 20.8 Å². The highest BCUT2D eigenvalue weighted by molar-refractivity contribution is 5.85. The molecule has 0 bridgehead atoms. The maximum Gasteiger partial charge on any atom is 0.326 e. The lowest BCUT2D eigenvalue weighted by Gasteiger charge is -2.21. The molecule has 7 heteroatoms. The van der Waals surface area contributed by atoms with Gasteiger partial charge in [0, 0.05) is 12.0 Å². The summed E-state index contributed by atoms with van der Waals surface area (Å²) < 4.78 is 4.42. The largest absolute Gasteiger partial charge is 0.480 e. The zero-order valence-electron chi connectivity index (χ0n) is 11.8. The molecule has 0 fully saturated rings. The summed E-state index contributed by atoms with van der Waals surface area (Å²) >= 11 is 0. The van der Waals surface area contributed by atoms with E-state index in [0.29, 0.717) is 0 Å². The molecule has 7 nitrogen and oxygen atoms in total. The minimum atomic E-state index is -1.17. The first-order chi connectivity index (χ1) is 8.65. The number of rotatable bonds is 7.